The van der Waals surface area contributed by atoms with Crippen molar-refractivity contribution in [1.29, 1.82) is 0 Å². The Hall–Kier alpha value is -2.82. The van der Waals surface area contributed by atoms with Gasteiger partial charge in [-0.25, -0.2) is 4.39 Å². The molecule has 0 aliphatic rings. The van der Waals surface area contributed by atoms with Crippen LogP contribution in [0.2, 0.25) is 0 Å². The highest BCUT2D eigenvalue weighted by Crippen LogP contribution is 2.29. The van der Waals surface area contributed by atoms with Gasteiger partial charge >= 0.3 is 0 Å². The molecular formula is C19H20FNO3. The lowest BCUT2D eigenvalue weighted by molar-refractivity contribution is -0.111. The Balaban J connectivity index is 2.06. The molecule has 2 aromatic rings. The number of halogens is 1. The van der Waals surface area contributed by atoms with E-state index >= 15 is 0 Å². The van der Waals surface area contributed by atoms with E-state index in [2.05, 4.69) is 5.32 Å². The summed E-state index contributed by atoms with van der Waals surface area (Å²) in [5.74, 6) is 0.495. The Bertz CT molecular complexity index is 741. The fraction of sp³-hybridized carbons (Fsp3) is 0.211. The van der Waals surface area contributed by atoms with Crippen molar-refractivity contribution in [2.24, 2.45) is 0 Å². The van der Waals surface area contributed by atoms with Gasteiger partial charge < -0.3 is 14.8 Å². The molecule has 0 heterocycles. The van der Waals surface area contributed by atoms with E-state index in [0.717, 1.165) is 5.56 Å². The van der Waals surface area contributed by atoms with Gasteiger partial charge in [0.2, 0.25) is 5.91 Å². The SMILES string of the molecule is COc1cc(/C=C/C(=O)Nc2cccc(F)c2)ccc1OC(C)C. The third-order valence-electron chi connectivity index (χ3n) is 3.07. The van der Waals surface area contributed by atoms with Crippen molar-refractivity contribution in [3.05, 3.63) is 59.9 Å². The monoisotopic (exact) mass is 329 g/mol. The van der Waals surface area contributed by atoms with Crippen molar-refractivity contribution >= 4 is 17.7 Å². The highest BCUT2D eigenvalue weighted by Gasteiger charge is 2.07. The normalized spacial score (nSPS) is 10.9. The fourth-order valence-electron chi connectivity index (χ4n) is 2.06. The molecule has 2 aromatic carbocycles. The first-order valence-corrected chi connectivity index (χ1v) is 7.57. The summed E-state index contributed by atoms with van der Waals surface area (Å²) in [7, 11) is 1.56. The molecule has 0 aliphatic carbocycles. The standard InChI is InChI=1S/C19H20FNO3/c1-13(2)24-17-9-7-14(11-18(17)23-3)8-10-19(22)21-16-6-4-5-15(20)12-16/h4-13H,1-3H3,(H,21,22)/b10-8+. The lowest BCUT2D eigenvalue weighted by Gasteiger charge is -2.13. The second kappa shape index (κ2) is 8.15. The van der Waals surface area contributed by atoms with Crippen LogP contribution in [0.15, 0.2) is 48.5 Å². The highest BCUT2D eigenvalue weighted by molar-refractivity contribution is 6.01. The number of benzene rings is 2. The van der Waals surface area contributed by atoms with E-state index in [9.17, 15) is 9.18 Å². The molecule has 1 amide bonds. The minimum Gasteiger partial charge on any atom is -0.493 e. The molecule has 0 saturated heterocycles. The quantitative estimate of drug-likeness (QED) is 0.805. The van der Waals surface area contributed by atoms with Gasteiger partial charge in [0.1, 0.15) is 5.82 Å². The average molecular weight is 329 g/mol. The molecule has 0 saturated carbocycles. The number of anilines is 1. The summed E-state index contributed by atoms with van der Waals surface area (Å²) < 4.78 is 24.0. The van der Waals surface area contributed by atoms with Crippen LogP contribution in [0, 0.1) is 5.82 Å². The summed E-state index contributed by atoms with van der Waals surface area (Å²) >= 11 is 0. The first-order valence-electron chi connectivity index (χ1n) is 7.57. The second-order valence-corrected chi connectivity index (χ2v) is 5.41. The molecular weight excluding hydrogens is 309 g/mol. The summed E-state index contributed by atoms with van der Waals surface area (Å²) in [6.07, 6.45) is 3.07. The number of methoxy groups -OCH3 is 1. The largest absolute Gasteiger partial charge is 0.493 e. The van der Waals surface area contributed by atoms with Gasteiger partial charge in [-0.15, -0.1) is 0 Å². The zero-order chi connectivity index (χ0) is 17.5. The second-order valence-electron chi connectivity index (χ2n) is 5.41. The van der Waals surface area contributed by atoms with Crippen LogP contribution in [0.3, 0.4) is 0 Å². The molecule has 0 aliphatic heterocycles. The fourth-order valence-corrected chi connectivity index (χ4v) is 2.06. The molecule has 4 nitrogen and oxygen atoms in total. The zero-order valence-corrected chi connectivity index (χ0v) is 13.9. The van der Waals surface area contributed by atoms with Crippen molar-refractivity contribution in [3.8, 4) is 11.5 Å². The van der Waals surface area contributed by atoms with Crippen LogP contribution in [-0.2, 0) is 4.79 Å². The van der Waals surface area contributed by atoms with Gasteiger partial charge in [0.15, 0.2) is 11.5 Å². The molecule has 0 radical (unpaired) electrons. The summed E-state index contributed by atoms with van der Waals surface area (Å²) in [6.45, 7) is 3.87. The number of ether oxygens (including phenoxy) is 2. The van der Waals surface area contributed by atoms with Gasteiger partial charge in [-0.05, 0) is 55.8 Å². The third-order valence-corrected chi connectivity index (χ3v) is 3.07. The van der Waals surface area contributed by atoms with E-state index in [-0.39, 0.29) is 12.0 Å². The molecule has 0 fully saturated rings. The Morgan fingerprint density at radius 1 is 1.17 bits per heavy atom. The predicted octanol–water partition coefficient (Wildman–Crippen LogP) is 4.27. The molecule has 5 heteroatoms. The van der Waals surface area contributed by atoms with E-state index in [4.69, 9.17) is 9.47 Å². The Morgan fingerprint density at radius 3 is 2.62 bits per heavy atom. The molecule has 0 unspecified atom stereocenters. The van der Waals surface area contributed by atoms with Gasteiger partial charge in [0.05, 0.1) is 13.2 Å². The van der Waals surface area contributed by atoms with Gasteiger partial charge in [0.25, 0.3) is 0 Å². The third kappa shape index (κ3) is 5.12. The molecule has 24 heavy (non-hydrogen) atoms. The van der Waals surface area contributed by atoms with Gasteiger partial charge in [-0.3, -0.25) is 4.79 Å². The summed E-state index contributed by atoms with van der Waals surface area (Å²) in [6, 6.07) is 11.1. The maximum absolute atomic E-state index is 13.1. The first-order chi connectivity index (χ1) is 11.5. The number of amides is 1. The topological polar surface area (TPSA) is 47.6 Å². The smallest absolute Gasteiger partial charge is 0.248 e. The Labute approximate surface area is 140 Å². The van der Waals surface area contributed by atoms with Crippen molar-refractivity contribution in [1.82, 2.24) is 0 Å². The molecule has 126 valence electrons. The van der Waals surface area contributed by atoms with Crippen molar-refractivity contribution in [2.75, 3.05) is 12.4 Å². The summed E-state index contributed by atoms with van der Waals surface area (Å²) in [4.78, 5) is 11.9. The molecule has 1 N–H and O–H groups in total. The summed E-state index contributed by atoms with van der Waals surface area (Å²) in [5, 5.41) is 2.60. The summed E-state index contributed by atoms with van der Waals surface area (Å²) in [5.41, 5.74) is 1.19. The Kier molecular flexibility index (Phi) is 5.95. The molecule has 0 atom stereocenters. The number of hydrogen-bond donors (Lipinski definition) is 1. The van der Waals surface area contributed by atoms with E-state index in [1.165, 1.54) is 24.3 Å². The molecule has 0 bridgehead atoms. The molecule has 0 aromatic heterocycles. The Morgan fingerprint density at radius 2 is 1.96 bits per heavy atom. The van der Waals surface area contributed by atoms with E-state index in [1.807, 2.05) is 19.9 Å². The van der Waals surface area contributed by atoms with Crippen molar-refractivity contribution in [2.45, 2.75) is 20.0 Å². The van der Waals surface area contributed by atoms with Gasteiger partial charge in [-0.1, -0.05) is 12.1 Å². The maximum atomic E-state index is 13.1. The number of hydrogen-bond acceptors (Lipinski definition) is 3. The van der Waals surface area contributed by atoms with Crippen molar-refractivity contribution < 1.29 is 18.7 Å². The first kappa shape index (κ1) is 17.5. The van der Waals surface area contributed by atoms with Crippen LogP contribution in [0.1, 0.15) is 19.4 Å². The van der Waals surface area contributed by atoms with Gasteiger partial charge in [-0.2, -0.15) is 0 Å². The van der Waals surface area contributed by atoms with Crippen LogP contribution in [0.5, 0.6) is 11.5 Å². The minimum absolute atomic E-state index is 0.0392. The van der Waals surface area contributed by atoms with Crippen LogP contribution < -0.4 is 14.8 Å². The van der Waals surface area contributed by atoms with Crippen molar-refractivity contribution in [3.63, 3.8) is 0 Å². The maximum Gasteiger partial charge on any atom is 0.248 e. The molecule has 2 rings (SSSR count). The highest BCUT2D eigenvalue weighted by atomic mass is 19.1. The predicted molar refractivity (Wildman–Crippen MR) is 92.8 cm³/mol. The molecule has 0 spiro atoms. The van der Waals surface area contributed by atoms with Crippen LogP contribution in [0.4, 0.5) is 10.1 Å². The van der Waals surface area contributed by atoms with E-state index in [1.54, 1.807) is 31.4 Å². The zero-order valence-electron chi connectivity index (χ0n) is 13.9. The minimum atomic E-state index is -0.401. The van der Waals surface area contributed by atoms with E-state index in [0.29, 0.717) is 17.2 Å². The van der Waals surface area contributed by atoms with Gasteiger partial charge in [0, 0.05) is 11.8 Å². The lowest BCUT2D eigenvalue weighted by atomic mass is 10.2. The average Bonchev–Trinajstić information content (AvgIpc) is 2.53. The number of nitrogens with one attached hydrogen (secondary N) is 1. The van der Waals surface area contributed by atoms with Crippen LogP contribution in [-0.4, -0.2) is 19.1 Å². The van der Waals surface area contributed by atoms with Crippen LogP contribution in [0.25, 0.3) is 6.08 Å². The van der Waals surface area contributed by atoms with E-state index < -0.39 is 5.82 Å². The number of rotatable bonds is 6. The number of carbonyl (C=O) groups is 1. The number of carbonyl (C=O) groups excluding carboxylic acids is 1. The lowest BCUT2D eigenvalue weighted by Crippen LogP contribution is -2.08. The van der Waals surface area contributed by atoms with Crippen LogP contribution >= 0.6 is 0 Å².